The van der Waals surface area contributed by atoms with Gasteiger partial charge < -0.3 is 19.4 Å². The van der Waals surface area contributed by atoms with Gasteiger partial charge in [0.05, 0.1) is 23.1 Å². The van der Waals surface area contributed by atoms with E-state index < -0.39 is 5.60 Å². The lowest BCUT2D eigenvalue weighted by atomic mass is 9.87. The van der Waals surface area contributed by atoms with Crippen LogP contribution < -0.4 is 10.1 Å². The van der Waals surface area contributed by atoms with E-state index >= 15 is 0 Å². The summed E-state index contributed by atoms with van der Waals surface area (Å²) in [5, 5.41) is 3.44. The Balaban J connectivity index is 1.51. The number of anilines is 2. The molecule has 4 rings (SSSR count). The quantitative estimate of drug-likeness (QED) is 0.306. The van der Waals surface area contributed by atoms with Crippen LogP contribution in [0.1, 0.15) is 52.8 Å². The maximum atomic E-state index is 12.2. The van der Waals surface area contributed by atoms with Crippen molar-refractivity contribution in [1.29, 1.82) is 0 Å². The third-order valence-corrected chi connectivity index (χ3v) is 5.61. The first kappa shape index (κ1) is 25.2. The van der Waals surface area contributed by atoms with Crippen molar-refractivity contribution >= 4 is 28.6 Å². The van der Waals surface area contributed by atoms with E-state index in [9.17, 15) is 4.79 Å². The smallest absolute Gasteiger partial charge is 0.312 e. The van der Waals surface area contributed by atoms with Gasteiger partial charge in [-0.3, -0.25) is 9.78 Å². The van der Waals surface area contributed by atoms with Crippen molar-refractivity contribution in [3.05, 3.63) is 72.1 Å². The van der Waals surface area contributed by atoms with Gasteiger partial charge in [0.15, 0.2) is 0 Å². The monoisotopic (exact) mass is 486 g/mol. The van der Waals surface area contributed by atoms with Crippen LogP contribution in [0.5, 0.6) is 11.5 Å². The molecular weight excluding hydrogens is 452 g/mol. The first-order valence-corrected chi connectivity index (χ1v) is 12.1. The molecule has 0 spiro atoms. The third-order valence-electron chi connectivity index (χ3n) is 5.61. The van der Waals surface area contributed by atoms with Crippen molar-refractivity contribution in [1.82, 2.24) is 14.5 Å². The predicted molar refractivity (Wildman–Crippen MR) is 143 cm³/mol. The van der Waals surface area contributed by atoms with Gasteiger partial charge in [-0.1, -0.05) is 32.9 Å². The SMILES string of the molecule is Cn1c(Nc2cccc(C(C)(C)C)c2)nc2cc(Oc3ccnc(CC(=O)OC(C)(C)C)c3)ccc21. The van der Waals surface area contributed by atoms with Crippen LogP contribution in [-0.4, -0.2) is 26.1 Å². The van der Waals surface area contributed by atoms with Crippen LogP contribution in [0.2, 0.25) is 0 Å². The third kappa shape index (κ3) is 6.22. The summed E-state index contributed by atoms with van der Waals surface area (Å²) in [7, 11) is 1.98. The van der Waals surface area contributed by atoms with Crippen LogP contribution >= 0.6 is 0 Å². The minimum Gasteiger partial charge on any atom is -0.460 e. The van der Waals surface area contributed by atoms with E-state index in [2.05, 4.69) is 49.3 Å². The molecule has 2 aromatic heterocycles. The number of benzene rings is 2. The molecule has 2 heterocycles. The van der Waals surface area contributed by atoms with Gasteiger partial charge >= 0.3 is 5.97 Å². The van der Waals surface area contributed by atoms with Gasteiger partial charge in [-0.2, -0.15) is 0 Å². The number of imidazole rings is 1. The van der Waals surface area contributed by atoms with Gasteiger partial charge in [0.25, 0.3) is 0 Å². The summed E-state index contributed by atoms with van der Waals surface area (Å²) in [6.45, 7) is 12.1. The molecule has 0 radical (unpaired) electrons. The molecule has 188 valence electrons. The summed E-state index contributed by atoms with van der Waals surface area (Å²) in [6, 6.07) is 17.7. The number of carbonyl (C=O) groups is 1. The second kappa shape index (κ2) is 9.64. The molecule has 7 nitrogen and oxygen atoms in total. The Kier molecular flexibility index (Phi) is 6.76. The fourth-order valence-electron chi connectivity index (χ4n) is 3.83. The molecule has 7 heteroatoms. The molecule has 0 saturated carbocycles. The van der Waals surface area contributed by atoms with Gasteiger partial charge in [0, 0.05) is 31.1 Å². The molecule has 0 aliphatic rings. The summed E-state index contributed by atoms with van der Waals surface area (Å²) in [5.41, 5.74) is 4.16. The van der Waals surface area contributed by atoms with E-state index in [4.69, 9.17) is 14.5 Å². The van der Waals surface area contributed by atoms with Crippen LogP contribution in [0.4, 0.5) is 11.6 Å². The molecule has 0 bridgehead atoms. The number of hydrogen-bond donors (Lipinski definition) is 1. The molecule has 0 aliphatic heterocycles. The highest BCUT2D eigenvalue weighted by atomic mass is 16.6. The molecule has 0 aliphatic carbocycles. The number of rotatable bonds is 6. The van der Waals surface area contributed by atoms with Crippen molar-refractivity contribution < 1.29 is 14.3 Å². The number of fused-ring (bicyclic) bond motifs is 1. The van der Waals surface area contributed by atoms with Crippen molar-refractivity contribution in [3.8, 4) is 11.5 Å². The van der Waals surface area contributed by atoms with Crippen molar-refractivity contribution in [3.63, 3.8) is 0 Å². The Morgan fingerprint density at radius 2 is 1.72 bits per heavy atom. The number of ether oxygens (including phenoxy) is 2. The first-order chi connectivity index (χ1) is 16.9. The largest absolute Gasteiger partial charge is 0.460 e. The Hall–Kier alpha value is -3.87. The van der Waals surface area contributed by atoms with E-state index in [1.54, 1.807) is 18.3 Å². The summed E-state index contributed by atoms with van der Waals surface area (Å²) in [6.07, 6.45) is 1.71. The van der Waals surface area contributed by atoms with Gasteiger partial charge in [-0.25, -0.2) is 4.98 Å². The lowest BCUT2D eigenvalue weighted by molar-refractivity contribution is -0.153. The molecule has 4 aromatic rings. The molecular formula is C29H34N4O3. The summed E-state index contributed by atoms with van der Waals surface area (Å²) in [5.74, 6) is 1.67. The highest BCUT2D eigenvalue weighted by molar-refractivity contribution is 5.81. The Morgan fingerprint density at radius 3 is 2.44 bits per heavy atom. The summed E-state index contributed by atoms with van der Waals surface area (Å²) < 4.78 is 13.5. The van der Waals surface area contributed by atoms with E-state index in [0.29, 0.717) is 17.2 Å². The average Bonchev–Trinajstić information content (AvgIpc) is 3.07. The van der Waals surface area contributed by atoms with Crippen LogP contribution in [0.25, 0.3) is 11.0 Å². The van der Waals surface area contributed by atoms with Crippen LogP contribution in [0.3, 0.4) is 0 Å². The highest BCUT2D eigenvalue weighted by Crippen LogP contribution is 2.30. The highest BCUT2D eigenvalue weighted by Gasteiger charge is 2.18. The molecule has 0 atom stereocenters. The fraction of sp³-hybridized carbons (Fsp3) is 0.345. The molecule has 0 amide bonds. The van der Waals surface area contributed by atoms with Crippen molar-refractivity contribution in [2.75, 3.05) is 5.32 Å². The molecule has 1 N–H and O–H groups in total. The number of carbonyl (C=O) groups excluding carboxylic acids is 1. The molecule has 0 saturated heterocycles. The predicted octanol–water partition coefficient (Wildman–Crippen LogP) is 6.69. The normalized spacial score (nSPS) is 12.0. The van der Waals surface area contributed by atoms with Gasteiger partial charge in [0.1, 0.15) is 17.1 Å². The molecule has 36 heavy (non-hydrogen) atoms. The zero-order valence-corrected chi connectivity index (χ0v) is 22.0. The van der Waals surface area contributed by atoms with Crippen LogP contribution in [0.15, 0.2) is 60.8 Å². The lowest BCUT2D eigenvalue weighted by Gasteiger charge is -2.20. The van der Waals surface area contributed by atoms with E-state index in [1.807, 2.05) is 56.7 Å². The minimum absolute atomic E-state index is 0.0655. The maximum Gasteiger partial charge on any atom is 0.312 e. The Labute approximate surface area is 212 Å². The Morgan fingerprint density at radius 1 is 0.972 bits per heavy atom. The zero-order valence-electron chi connectivity index (χ0n) is 22.0. The molecule has 2 aromatic carbocycles. The van der Waals surface area contributed by atoms with Crippen molar-refractivity contribution in [2.24, 2.45) is 7.05 Å². The number of aryl methyl sites for hydroxylation is 1. The topological polar surface area (TPSA) is 78.3 Å². The number of esters is 1. The zero-order chi connectivity index (χ0) is 26.1. The fourth-order valence-corrected chi connectivity index (χ4v) is 3.83. The number of hydrogen-bond acceptors (Lipinski definition) is 6. The minimum atomic E-state index is -0.535. The molecule has 0 unspecified atom stereocenters. The van der Waals surface area contributed by atoms with E-state index in [-0.39, 0.29) is 17.8 Å². The van der Waals surface area contributed by atoms with Gasteiger partial charge in [-0.15, -0.1) is 0 Å². The van der Waals surface area contributed by atoms with Gasteiger partial charge in [-0.05, 0) is 62.1 Å². The second-order valence-electron chi connectivity index (χ2n) is 10.9. The number of nitrogens with zero attached hydrogens (tertiary/aromatic N) is 3. The van der Waals surface area contributed by atoms with Crippen molar-refractivity contribution in [2.45, 2.75) is 59.0 Å². The van der Waals surface area contributed by atoms with E-state index in [1.165, 1.54) is 5.56 Å². The number of aromatic nitrogens is 3. The maximum absolute atomic E-state index is 12.2. The summed E-state index contributed by atoms with van der Waals surface area (Å²) >= 11 is 0. The number of pyridine rings is 1. The Bertz CT molecular complexity index is 1390. The average molecular weight is 487 g/mol. The van der Waals surface area contributed by atoms with Crippen LogP contribution in [-0.2, 0) is 28.4 Å². The van der Waals surface area contributed by atoms with Crippen LogP contribution in [0, 0.1) is 0 Å². The number of nitrogens with one attached hydrogen (secondary N) is 1. The molecule has 0 fully saturated rings. The standard InChI is InChI=1S/C29H34N4O3/c1-28(2,3)19-9-8-10-20(15-19)31-27-32-24-18-22(11-12-25(24)33(27)7)35-23-13-14-30-21(16-23)17-26(34)36-29(4,5)6/h8-16,18H,17H2,1-7H3,(H,31,32). The van der Waals surface area contributed by atoms with Gasteiger partial charge in [0.2, 0.25) is 5.95 Å². The van der Waals surface area contributed by atoms with E-state index in [0.717, 1.165) is 22.7 Å². The summed E-state index contributed by atoms with van der Waals surface area (Å²) in [4.78, 5) is 21.2. The second-order valence-corrected chi connectivity index (χ2v) is 10.9. The first-order valence-electron chi connectivity index (χ1n) is 12.1. The lowest BCUT2D eigenvalue weighted by Crippen LogP contribution is -2.25.